The molecule has 2 heterocycles. The predicted octanol–water partition coefficient (Wildman–Crippen LogP) is 2.82. The van der Waals surface area contributed by atoms with Gasteiger partial charge in [-0.25, -0.2) is 14.1 Å². The molecule has 0 unspecified atom stereocenters. The predicted molar refractivity (Wildman–Crippen MR) is 97.8 cm³/mol. The number of unbranched alkanes of at least 4 members (excludes halogenated alkanes) is 1. The summed E-state index contributed by atoms with van der Waals surface area (Å²) in [6.45, 7) is 2.47. The molecule has 8 nitrogen and oxygen atoms in total. The number of halogens is 1. The Bertz CT molecular complexity index is 930. The zero-order chi connectivity index (χ0) is 19.2. The highest BCUT2D eigenvalue weighted by Gasteiger charge is 2.15. The Kier molecular flexibility index (Phi) is 5.60. The lowest BCUT2D eigenvalue weighted by atomic mass is 10.2. The molecule has 3 N–H and O–H groups in total. The maximum Gasteiger partial charge on any atom is 0.318 e. The van der Waals surface area contributed by atoms with E-state index in [4.69, 9.17) is 10.5 Å². The van der Waals surface area contributed by atoms with Crippen LogP contribution in [0, 0.1) is 5.82 Å². The molecule has 0 bridgehead atoms. The Morgan fingerprint density at radius 1 is 1.41 bits per heavy atom. The third-order valence-electron chi connectivity index (χ3n) is 3.74. The highest BCUT2D eigenvalue weighted by atomic mass is 19.1. The van der Waals surface area contributed by atoms with E-state index in [0.29, 0.717) is 12.3 Å². The molecular formula is C18H19FN6O2. The molecule has 0 spiro atoms. The Hall–Kier alpha value is -3.49. The number of hydrogen-bond acceptors (Lipinski definition) is 6. The average molecular weight is 370 g/mol. The van der Waals surface area contributed by atoms with Crippen LogP contribution in [0.3, 0.4) is 0 Å². The van der Waals surface area contributed by atoms with Crippen LogP contribution in [0.4, 0.5) is 15.9 Å². The van der Waals surface area contributed by atoms with Crippen LogP contribution in [0.1, 0.15) is 30.1 Å². The number of amides is 1. The number of primary amides is 1. The first-order valence-electron chi connectivity index (χ1n) is 8.44. The topological polar surface area (TPSA) is 108 Å². The zero-order valence-electron chi connectivity index (χ0n) is 14.7. The van der Waals surface area contributed by atoms with Gasteiger partial charge in [0.2, 0.25) is 0 Å². The number of anilines is 2. The molecule has 3 rings (SSSR count). The molecular weight excluding hydrogens is 351 g/mol. The van der Waals surface area contributed by atoms with Gasteiger partial charge in [0, 0.05) is 24.7 Å². The molecule has 0 radical (unpaired) electrons. The van der Waals surface area contributed by atoms with Crippen LogP contribution >= 0.6 is 0 Å². The van der Waals surface area contributed by atoms with Gasteiger partial charge in [-0.3, -0.25) is 4.79 Å². The summed E-state index contributed by atoms with van der Waals surface area (Å²) in [5, 5.41) is 6.85. The SMILES string of the molecule is CCCCOc1ncc(C(N)=O)c(Nc2ccc(-n3cccn3)cc2F)n1. The Labute approximate surface area is 155 Å². The van der Waals surface area contributed by atoms with Crippen molar-refractivity contribution in [1.29, 1.82) is 0 Å². The van der Waals surface area contributed by atoms with Crippen molar-refractivity contribution in [3.63, 3.8) is 0 Å². The van der Waals surface area contributed by atoms with Crippen molar-refractivity contribution in [2.24, 2.45) is 5.73 Å². The van der Waals surface area contributed by atoms with Gasteiger partial charge in [-0.05, 0) is 24.6 Å². The second-order valence-corrected chi connectivity index (χ2v) is 5.72. The lowest BCUT2D eigenvalue weighted by Gasteiger charge is -2.12. The minimum Gasteiger partial charge on any atom is -0.463 e. The van der Waals surface area contributed by atoms with E-state index in [1.54, 1.807) is 24.5 Å². The third-order valence-corrected chi connectivity index (χ3v) is 3.74. The van der Waals surface area contributed by atoms with Gasteiger partial charge in [-0.15, -0.1) is 0 Å². The normalized spacial score (nSPS) is 10.6. The van der Waals surface area contributed by atoms with Gasteiger partial charge in [0.15, 0.2) is 5.82 Å². The van der Waals surface area contributed by atoms with Crippen LogP contribution in [0.25, 0.3) is 5.69 Å². The first-order chi connectivity index (χ1) is 13.1. The van der Waals surface area contributed by atoms with Crippen molar-refractivity contribution in [2.75, 3.05) is 11.9 Å². The highest BCUT2D eigenvalue weighted by Crippen LogP contribution is 2.24. The molecule has 9 heteroatoms. The van der Waals surface area contributed by atoms with Gasteiger partial charge in [0.05, 0.1) is 18.0 Å². The van der Waals surface area contributed by atoms with E-state index in [1.807, 2.05) is 6.92 Å². The first-order valence-corrected chi connectivity index (χ1v) is 8.44. The van der Waals surface area contributed by atoms with Crippen LogP contribution in [0.15, 0.2) is 42.9 Å². The van der Waals surface area contributed by atoms with Crippen molar-refractivity contribution in [3.05, 3.63) is 54.2 Å². The van der Waals surface area contributed by atoms with Crippen molar-refractivity contribution in [1.82, 2.24) is 19.7 Å². The molecule has 0 aliphatic rings. The van der Waals surface area contributed by atoms with Crippen LogP contribution in [-0.2, 0) is 0 Å². The number of hydrogen-bond donors (Lipinski definition) is 2. The van der Waals surface area contributed by atoms with Crippen LogP contribution in [0.5, 0.6) is 6.01 Å². The Morgan fingerprint density at radius 2 is 2.26 bits per heavy atom. The van der Waals surface area contributed by atoms with Gasteiger partial charge >= 0.3 is 6.01 Å². The maximum absolute atomic E-state index is 14.5. The van der Waals surface area contributed by atoms with Gasteiger partial charge in [0.25, 0.3) is 5.91 Å². The van der Waals surface area contributed by atoms with E-state index in [0.717, 1.165) is 12.8 Å². The molecule has 0 saturated heterocycles. The number of nitrogens with two attached hydrogens (primary N) is 1. The van der Waals surface area contributed by atoms with Crippen LogP contribution in [0.2, 0.25) is 0 Å². The van der Waals surface area contributed by atoms with E-state index in [2.05, 4.69) is 20.4 Å². The molecule has 27 heavy (non-hydrogen) atoms. The molecule has 0 atom stereocenters. The molecule has 1 amide bonds. The molecule has 3 aromatic rings. The minimum atomic E-state index is -0.730. The summed E-state index contributed by atoms with van der Waals surface area (Å²) in [6, 6.07) is 6.35. The van der Waals surface area contributed by atoms with Crippen molar-refractivity contribution in [2.45, 2.75) is 19.8 Å². The molecule has 0 aliphatic carbocycles. The fraction of sp³-hybridized carbons (Fsp3) is 0.222. The monoisotopic (exact) mass is 370 g/mol. The number of ether oxygens (including phenoxy) is 1. The molecule has 0 aliphatic heterocycles. The van der Waals surface area contributed by atoms with Gasteiger partial charge < -0.3 is 15.8 Å². The maximum atomic E-state index is 14.5. The lowest BCUT2D eigenvalue weighted by Crippen LogP contribution is -2.16. The molecule has 0 saturated carbocycles. The summed E-state index contributed by atoms with van der Waals surface area (Å²) < 4.78 is 21.5. The van der Waals surface area contributed by atoms with E-state index in [-0.39, 0.29) is 23.1 Å². The highest BCUT2D eigenvalue weighted by molar-refractivity contribution is 5.98. The Morgan fingerprint density at radius 3 is 2.93 bits per heavy atom. The number of rotatable bonds is 8. The average Bonchev–Trinajstić information content (AvgIpc) is 3.18. The zero-order valence-corrected chi connectivity index (χ0v) is 14.7. The number of nitrogens with zero attached hydrogens (tertiary/aromatic N) is 4. The largest absolute Gasteiger partial charge is 0.463 e. The third kappa shape index (κ3) is 4.38. The van der Waals surface area contributed by atoms with E-state index >= 15 is 0 Å². The number of aromatic nitrogens is 4. The van der Waals surface area contributed by atoms with E-state index in [9.17, 15) is 9.18 Å². The summed E-state index contributed by atoms with van der Waals surface area (Å²) in [4.78, 5) is 19.7. The summed E-state index contributed by atoms with van der Waals surface area (Å²) in [7, 11) is 0. The van der Waals surface area contributed by atoms with Gasteiger partial charge in [0.1, 0.15) is 11.4 Å². The van der Waals surface area contributed by atoms with E-state index < -0.39 is 11.7 Å². The number of nitrogens with one attached hydrogen (secondary N) is 1. The van der Waals surface area contributed by atoms with Gasteiger partial charge in [-0.2, -0.15) is 10.1 Å². The van der Waals surface area contributed by atoms with E-state index in [1.165, 1.54) is 23.0 Å². The van der Waals surface area contributed by atoms with Crippen LogP contribution in [-0.4, -0.2) is 32.3 Å². The quantitative estimate of drug-likeness (QED) is 0.590. The molecule has 2 aromatic heterocycles. The second-order valence-electron chi connectivity index (χ2n) is 5.72. The smallest absolute Gasteiger partial charge is 0.318 e. The molecule has 1 aromatic carbocycles. The fourth-order valence-corrected chi connectivity index (χ4v) is 2.32. The lowest BCUT2D eigenvalue weighted by molar-refractivity contribution is 0.100. The second kappa shape index (κ2) is 8.26. The minimum absolute atomic E-state index is 0.0356. The van der Waals surface area contributed by atoms with Crippen LogP contribution < -0.4 is 15.8 Å². The molecule has 0 fully saturated rings. The van der Waals surface area contributed by atoms with Crippen molar-refractivity contribution < 1.29 is 13.9 Å². The number of carbonyl (C=O) groups is 1. The summed E-state index contributed by atoms with van der Waals surface area (Å²) in [5.74, 6) is -1.19. The summed E-state index contributed by atoms with van der Waals surface area (Å²) in [6.07, 6.45) is 6.36. The molecule has 140 valence electrons. The van der Waals surface area contributed by atoms with Gasteiger partial charge in [-0.1, -0.05) is 13.3 Å². The first kappa shape index (κ1) is 18.3. The fourth-order valence-electron chi connectivity index (χ4n) is 2.32. The summed E-state index contributed by atoms with van der Waals surface area (Å²) in [5.41, 5.74) is 6.09. The Balaban J connectivity index is 1.86. The van der Waals surface area contributed by atoms with Crippen molar-refractivity contribution >= 4 is 17.4 Å². The standard InChI is InChI=1S/C18H19FN6O2/c1-2-3-9-27-18-21-11-13(16(20)26)17(24-18)23-15-6-5-12(10-14(15)19)25-8-4-7-22-25/h4-8,10-11H,2-3,9H2,1H3,(H2,20,26)(H,21,23,24). The number of benzene rings is 1. The van der Waals surface area contributed by atoms with Crippen molar-refractivity contribution in [3.8, 4) is 11.7 Å². The summed E-state index contributed by atoms with van der Waals surface area (Å²) >= 11 is 0. The number of carbonyl (C=O) groups excluding carboxylic acids is 1.